The second-order valence-electron chi connectivity index (χ2n) is 3.86. The molecule has 0 fully saturated rings. The Hall–Kier alpha value is -1.67. The van der Waals surface area contributed by atoms with Gasteiger partial charge in [0.2, 0.25) is 0 Å². The Morgan fingerprint density at radius 3 is 2.47 bits per heavy atom. The van der Waals surface area contributed by atoms with Crippen molar-refractivity contribution in [3.05, 3.63) is 58.6 Å². The number of aryl methyl sites for hydroxylation is 1. The predicted molar refractivity (Wildman–Crippen MR) is 68.6 cm³/mol. The quantitative estimate of drug-likeness (QED) is 0.892. The van der Waals surface area contributed by atoms with E-state index in [0.29, 0.717) is 17.4 Å². The summed E-state index contributed by atoms with van der Waals surface area (Å²) < 4.78 is 5.57. The van der Waals surface area contributed by atoms with Gasteiger partial charge in [-0.2, -0.15) is 0 Å². The zero-order chi connectivity index (χ0) is 12.3. The first kappa shape index (κ1) is 11.8. The Labute approximate surface area is 105 Å². The van der Waals surface area contributed by atoms with Gasteiger partial charge in [0, 0.05) is 5.02 Å². The molecule has 2 nitrogen and oxygen atoms in total. The molecular formula is C14H13ClO2. The van der Waals surface area contributed by atoms with Crippen LogP contribution in [0.2, 0.25) is 5.02 Å². The minimum atomic E-state index is 0.294. The van der Waals surface area contributed by atoms with Crippen LogP contribution in [0.25, 0.3) is 0 Å². The van der Waals surface area contributed by atoms with Crippen LogP contribution in [0.3, 0.4) is 0 Å². The Bertz CT molecular complexity index is 506. The molecule has 2 rings (SSSR count). The summed E-state index contributed by atoms with van der Waals surface area (Å²) in [6.45, 7) is 2.29. The van der Waals surface area contributed by atoms with Crippen molar-refractivity contribution in [1.82, 2.24) is 0 Å². The van der Waals surface area contributed by atoms with Crippen molar-refractivity contribution >= 4 is 11.6 Å². The molecule has 0 bridgehead atoms. The molecule has 0 atom stereocenters. The van der Waals surface area contributed by atoms with Gasteiger partial charge >= 0.3 is 0 Å². The molecule has 0 aliphatic rings. The van der Waals surface area contributed by atoms with Crippen LogP contribution in [-0.4, -0.2) is 5.11 Å². The number of phenols is 1. The Kier molecular flexibility index (Phi) is 3.55. The van der Waals surface area contributed by atoms with Crippen LogP contribution in [0, 0.1) is 6.92 Å². The number of halogens is 1. The van der Waals surface area contributed by atoms with Gasteiger partial charge in [-0.05, 0) is 48.4 Å². The Morgan fingerprint density at radius 2 is 1.82 bits per heavy atom. The van der Waals surface area contributed by atoms with Gasteiger partial charge in [-0.1, -0.05) is 23.7 Å². The zero-order valence-electron chi connectivity index (χ0n) is 9.48. The van der Waals surface area contributed by atoms with E-state index in [0.717, 1.165) is 16.9 Å². The number of hydrogen-bond acceptors (Lipinski definition) is 2. The molecule has 0 saturated carbocycles. The van der Waals surface area contributed by atoms with E-state index in [1.54, 1.807) is 18.2 Å². The molecule has 0 aliphatic carbocycles. The second kappa shape index (κ2) is 5.11. The third-order valence-corrected chi connectivity index (χ3v) is 2.74. The average molecular weight is 249 g/mol. The fourth-order valence-electron chi connectivity index (χ4n) is 1.44. The molecule has 2 aromatic rings. The highest BCUT2D eigenvalue weighted by molar-refractivity contribution is 6.30. The van der Waals surface area contributed by atoms with Crippen LogP contribution in [0.15, 0.2) is 42.5 Å². The lowest BCUT2D eigenvalue weighted by molar-refractivity contribution is 0.305. The normalized spacial score (nSPS) is 10.2. The molecule has 1 N–H and O–H groups in total. The maximum absolute atomic E-state index is 9.56. The van der Waals surface area contributed by atoms with Crippen LogP contribution < -0.4 is 4.74 Å². The summed E-state index contributed by atoms with van der Waals surface area (Å²) in [4.78, 5) is 0. The highest BCUT2D eigenvalue weighted by atomic mass is 35.5. The molecule has 0 spiro atoms. The molecule has 17 heavy (non-hydrogen) atoms. The topological polar surface area (TPSA) is 29.5 Å². The van der Waals surface area contributed by atoms with Crippen molar-refractivity contribution in [2.75, 3.05) is 0 Å². The lowest BCUT2D eigenvalue weighted by Crippen LogP contribution is -1.95. The van der Waals surface area contributed by atoms with E-state index < -0.39 is 0 Å². The lowest BCUT2D eigenvalue weighted by atomic mass is 10.1. The first-order valence-corrected chi connectivity index (χ1v) is 5.70. The van der Waals surface area contributed by atoms with Crippen molar-refractivity contribution in [3.8, 4) is 11.5 Å². The average Bonchev–Trinajstić information content (AvgIpc) is 2.33. The summed E-state index contributed by atoms with van der Waals surface area (Å²) in [6.07, 6.45) is 0. The maximum Gasteiger partial charge on any atom is 0.119 e. The van der Waals surface area contributed by atoms with Crippen molar-refractivity contribution in [1.29, 1.82) is 0 Å². The maximum atomic E-state index is 9.56. The van der Waals surface area contributed by atoms with Crippen molar-refractivity contribution in [2.24, 2.45) is 0 Å². The summed E-state index contributed by atoms with van der Waals surface area (Å²) in [6, 6.07) is 12.7. The SMILES string of the molecule is Cc1ccc(COc2ccc(Cl)cc2)cc1O. The monoisotopic (exact) mass is 248 g/mol. The van der Waals surface area contributed by atoms with E-state index in [9.17, 15) is 5.11 Å². The number of ether oxygens (including phenoxy) is 1. The summed E-state index contributed by atoms with van der Waals surface area (Å²) in [5, 5.41) is 10.2. The predicted octanol–water partition coefficient (Wildman–Crippen LogP) is 3.93. The minimum absolute atomic E-state index is 0.294. The molecule has 0 aliphatic heterocycles. The van der Waals surface area contributed by atoms with Crippen molar-refractivity contribution in [2.45, 2.75) is 13.5 Å². The van der Waals surface area contributed by atoms with E-state index >= 15 is 0 Å². The lowest BCUT2D eigenvalue weighted by Gasteiger charge is -2.07. The van der Waals surface area contributed by atoms with Crippen LogP contribution in [0.1, 0.15) is 11.1 Å². The van der Waals surface area contributed by atoms with Gasteiger partial charge in [0.1, 0.15) is 18.1 Å². The Balaban J connectivity index is 2.02. The molecular weight excluding hydrogens is 236 g/mol. The zero-order valence-corrected chi connectivity index (χ0v) is 10.2. The van der Waals surface area contributed by atoms with Gasteiger partial charge < -0.3 is 9.84 Å². The molecule has 2 aromatic carbocycles. The molecule has 0 amide bonds. The van der Waals surface area contributed by atoms with Crippen LogP contribution in [-0.2, 0) is 6.61 Å². The second-order valence-corrected chi connectivity index (χ2v) is 4.30. The van der Waals surface area contributed by atoms with Gasteiger partial charge in [0.05, 0.1) is 0 Å². The van der Waals surface area contributed by atoms with Gasteiger partial charge in [-0.25, -0.2) is 0 Å². The highest BCUT2D eigenvalue weighted by Gasteiger charge is 2.00. The number of benzene rings is 2. The number of hydrogen-bond donors (Lipinski definition) is 1. The van der Waals surface area contributed by atoms with Gasteiger partial charge in [-0.15, -0.1) is 0 Å². The van der Waals surface area contributed by atoms with E-state index in [4.69, 9.17) is 16.3 Å². The fourth-order valence-corrected chi connectivity index (χ4v) is 1.57. The Morgan fingerprint density at radius 1 is 1.12 bits per heavy atom. The van der Waals surface area contributed by atoms with Crippen molar-refractivity contribution in [3.63, 3.8) is 0 Å². The minimum Gasteiger partial charge on any atom is -0.508 e. The molecule has 88 valence electrons. The van der Waals surface area contributed by atoms with E-state index in [2.05, 4.69) is 0 Å². The van der Waals surface area contributed by atoms with Gasteiger partial charge in [0.25, 0.3) is 0 Å². The fraction of sp³-hybridized carbons (Fsp3) is 0.143. The summed E-state index contributed by atoms with van der Waals surface area (Å²) in [5.74, 6) is 1.05. The molecule has 0 unspecified atom stereocenters. The third-order valence-electron chi connectivity index (χ3n) is 2.49. The standard InChI is InChI=1S/C14H13ClO2/c1-10-2-3-11(8-14(10)16)9-17-13-6-4-12(15)5-7-13/h2-8,16H,9H2,1H3. The summed E-state index contributed by atoms with van der Waals surface area (Å²) in [7, 11) is 0. The first-order valence-electron chi connectivity index (χ1n) is 5.32. The van der Waals surface area contributed by atoms with Crippen LogP contribution in [0.4, 0.5) is 0 Å². The van der Waals surface area contributed by atoms with E-state index in [1.807, 2.05) is 31.2 Å². The summed E-state index contributed by atoms with van der Waals surface area (Å²) >= 11 is 5.78. The van der Waals surface area contributed by atoms with Crippen LogP contribution >= 0.6 is 11.6 Å². The molecule has 3 heteroatoms. The van der Waals surface area contributed by atoms with Crippen molar-refractivity contribution < 1.29 is 9.84 Å². The third kappa shape index (κ3) is 3.14. The molecule has 0 radical (unpaired) electrons. The number of rotatable bonds is 3. The summed E-state index contributed by atoms with van der Waals surface area (Å²) in [5.41, 5.74) is 1.79. The molecule has 0 heterocycles. The number of aromatic hydroxyl groups is 1. The number of phenolic OH excluding ortho intramolecular Hbond substituents is 1. The van der Waals surface area contributed by atoms with Gasteiger partial charge in [-0.3, -0.25) is 0 Å². The van der Waals surface area contributed by atoms with E-state index in [-0.39, 0.29) is 0 Å². The highest BCUT2D eigenvalue weighted by Crippen LogP contribution is 2.20. The van der Waals surface area contributed by atoms with E-state index in [1.165, 1.54) is 0 Å². The van der Waals surface area contributed by atoms with Gasteiger partial charge in [0.15, 0.2) is 0 Å². The first-order chi connectivity index (χ1) is 8.15. The van der Waals surface area contributed by atoms with Crippen LogP contribution in [0.5, 0.6) is 11.5 Å². The smallest absolute Gasteiger partial charge is 0.119 e. The molecule has 0 saturated heterocycles. The molecule has 0 aromatic heterocycles. The largest absolute Gasteiger partial charge is 0.508 e.